The first-order chi connectivity index (χ1) is 10.3. The van der Waals surface area contributed by atoms with Crippen LogP contribution in [-0.4, -0.2) is 22.0 Å². The highest BCUT2D eigenvalue weighted by Crippen LogP contribution is 2.64. The van der Waals surface area contributed by atoms with Crippen molar-refractivity contribution in [3.63, 3.8) is 0 Å². The third kappa shape index (κ3) is 1.91. The topological polar surface area (TPSA) is 66.5 Å². The van der Waals surface area contributed by atoms with Crippen LogP contribution in [0.3, 0.4) is 0 Å². The van der Waals surface area contributed by atoms with Crippen LogP contribution in [-0.2, 0) is 0 Å². The molecule has 3 saturated carbocycles. The highest BCUT2D eigenvalue weighted by Gasteiger charge is 2.58. The average molecular weight is 305 g/mol. The molecule has 0 aromatic heterocycles. The highest BCUT2D eigenvalue weighted by molar-refractivity contribution is 5.26. The summed E-state index contributed by atoms with van der Waals surface area (Å²) in [5.41, 5.74) is 8.31. The zero-order chi connectivity index (χ0) is 15.8. The molecule has 4 rings (SSSR count). The summed E-state index contributed by atoms with van der Waals surface area (Å²) < 4.78 is 0. The average Bonchev–Trinajstić information content (AvgIpc) is 2.76. The largest absolute Gasteiger partial charge is 0.365 e. The van der Waals surface area contributed by atoms with Gasteiger partial charge < -0.3 is 15.9 Å². The van der Waals surface area contributed by atoms with Crippen molar-refractivity contribution < 1.29 is 10.2 Å². The van der Waals surface area contributed by atoms with Crippen LogP contribution in [0.25, 0.3) is 0 Å². The molecule has 4 aliphatic carbocycles. The molecule has 0 heterocycles. The summed E-state index contributed by atoms with van der Waals surface area (Å²) in [5, 5.41) is 20.1. The van der Waals surface area contributed by atoms with Gasteiger partial charge in [-0.15, -0.1) is 0 Å². The van der Waals surface area contributed by atoms with E-state index in [9.17, 15) is 10.2 Å². The molecule has 0 spiro atoms. The lowest BCUT2D eigenvalue weighted by Crippen LogP contribution is -2.53. The van der Waals surface area contributed by atoms with Crippen LogP contribution < -0.4 is 5.73 Å². The summed E-state index contributed by atoms with van der Waals surface area (Å²) in [6.07, 6.45) is 10.4. The van der Waals surface area contributed by atoms with Crippen LogP contribution in [0.1, 0.15) is 65.2 Å². The Morgan fingerprint density at radius 1 is 1.05 bits per heavy atom. The Morgan fingerprint density at radius 3 is 2.59 bits per heavy atom. The quantitative estimate of drug-likeness (QED) is 0.476. The zero-order valence-corrected chi connectivity index (χ0v) is 14.0. The third-order valence-electron chi connectivity index (χ3n) is 8.22. The Bertz CT molecular complexity index is 514. The second-order valence-electron chi connectivity index (χ2n) is 9.15. The fourth-order valence-corrected chi connectivity index (χ4v) is 6.67. The van der Waals surface area contributed by atoms with E-state index in [1.165, 1.54) is 31.3 Å². The van der Waals surface area contributed by atoms with Gasteiger partial charge in [-0.2, -0.15) is 0 Å². The Balaban J connectivity index is 1.67. The summed E-state index contributed by atoms with van der Waals surface area (Å²) >= 11 is 0. The molecular formula is C19H31NO2. The van der Waals surface area contributed by atoms with E-state index in [0.717, 1.165) is 24.7 Å². The van der Waals surface area contributed by atoms with E-state index in [2.05, 4.69) is 19.9 Å². The Hall–Kier alpha value is -0.380. The third-order valence-corrected chi connectivity index (χ3v) is 8.22. The lowest BCUT2D eigenvalue weighted by atomic mass is 9.47. The molecule has 0 saturated heterocycles. The van der Waals surface area contributed by atoms with Gasteiger partial charge in [-0.05, 0) is 67.1 Å². The molecule has 0 aromatic carbocycles. The minimum absolute atomic E-state index is 0.186. The minimum atomic E-state index is -1.48. The van der Waals surface area contributed by atoms with Crippen LogP contribution in [0, 0.1) is 28.6 Å². The van der Waals surface area contributed by atoms with Crippen molar-refractivity contribution in [3.8, 4) is 0 Å². The maximum atomic E-state index is 10.0. The highest BCUT2D eigenvalue weighted by atomic mass is 16.5. The molecule has 4 N–H and O–H groups in total. The lowest BCUT2D eigenvalue weighted by Gasteiger charge is -2.58. The smallest absolute Gasteiger partial charge is 0.166 e. The standard InChI is InChI=1S/C19H31NO2/c1-17-9-10-19(21,22)11-12(17)3-4-13-14-5-6-16(20)18(14,2)8-7-15(13)17/h3,13-16,21-22H,4-11,20H2,1-2H3/t13-,14-,15-,16-,17-,18-/m0/s1. The number of fused-ring (bicyclic) bond motifs is 5. The summed E-state index contributed by atoms with van der Waals surface area (Å²) in [6, 6.07) is 0.380. The van der Waals surface area contributed by atoms with Crippen molar-refractivity contribution >= 4 is 0 Å². The number of nitrogens with two attached hydrogens (primary N) is 1. The number of rotatable bonds is 0. The molecule has 124 valence electrons. The van der Waals surface area contributed by atoms with E-state index < -0.39 is 5.79 Å². The monoisotopic (exact) mass is 305 g/mol. The van der Waals surface area contributed by atoms with Crippen molar-refractivity contribution in [1.29, 1.82) is 0 Å². The fourth-order valence-electron chi connectivity index (χ4n) is 6.67. The van der Waals surface area contributed by atoms with Gasteiger partial charge in [0.1, 0.15) is 0 Å². The molecule has 4 aliphatic rings. The lowest BCUT2D eigenvalue weighted by molar-refractivity contribution is -0.188. The summed E-state index contributed by atoms with van der Waals surface area (Å²) in [4.78, 5) is 0. The summed E-state index contributed by atoms with van der Waals surface area (Å²) in [7, 11) is 0. The Kier molecular flexibility index (Phi) is 3.16. The zero-order valence-electron chi connectivity index (χ0n) is 14.0. The van der Waals surface area contributed by atoms with Crippen LogP contribution in [0.15, 0.2) is 11.6 Å². The molecule has 6 atom stereocenters. The molecule has 0 unspecified atom stereocenters. The SMILES string of the molecule is C[C@]12CC[C@H]3[C@@H](CC=C4CC(O)(O)CC[C@@]43C)[C@@H]1CC[C@@H]2N. The number of hydrogen-bond donors (Lipinski definition) is 3. The molecule has 0 aliphatic heterocycles. The van der Waals surface area contributed by atoms with Gasteiger partial charge in [0.05, 0.1) is 0 Å². The van der Waals surface area contributed by atoms with E-state index in [-0.39, 0.29) is 5.41 Å². The van der Waals surface area contributed by atoms with Gasteiger partial charge in [-0.1, -0.05) is 25.5 Å². The molecule has 3 heteroatoms. The van der Waals surface area contributed by atoms with Crippen LogP contribution in [0.4, 0.5) is 0 Å². The van der Waals surface area contributed by atoms with Crippen LogP contribution in [0.2, 0.25) is 0 Å². The van der Waals surface area contributed by atoms with Gasteiger partial charge in [-0.25, -0.2) is 0 Å². The maximum absolute atomic E-state index is 10.0. The Morgan fingerprint density at radius 2 is 1.82 bits per heavy atom. The van der Waals surface area contributed by atoms with Gasteiger partial charge in [0.2, 0.25) is 0 Å². The maximum Gasteiger partial charge on any atom is 0.166 e. The first-order valence-corrected chi connectivity index (χ1v) is 9.16. The summed E-state index contributed by atoms with van der Waals surface area (Å²) in [5.74, 6) is 0.764. The molecule has 22 heavy (non-hydrogen) atoms. The Labute approximate surface area is 134 Å². The van der Waals surface area contributed by atoms with Gasteiger partial charge in [0.15, 0.2) is 5.79 Å². The molecule has 0 amide bonds. The van der Waals surface area contributed by atoms with Crippen molar-refractivity contribution in [3.05, 3.63) is 11.6 Å². The predicted octanol–water partition coefficient (Wildman–Crippen LogP) is 2.96. The number of allylic oxidation sites excluding steroid dienone is 1. The van der Waals surface area contributed by atoms with Crippen LogP contribution in [0.5, 0.6) is 0 Å². The van der Waals surface area contributed by atoms with Crippen molar-refractivity contribution in [2.75, 3.05) is 0 Å². The van der Waals surface area contributed by atoms with Gasteiger partial charge in [0.25, 0.3) is 0 Å². The van der Waals surface area contributed by atoms with E-state index >= 15 is 0 Å². The predicted molar refractivity (Wildman–Crippen MR) is 86.8 cm³/mol. The second kappa shape index (κ2) is 4.58. The van der Waals surface area contributed by atoms with E-state index in [1.54, 1.807) is 0 Å². The fraction of sp³-hybridized carbons (Fsp3) is 0.895. The van der Waals surface area contributed by atoms with E-state index in [4.69, 9.17) is 5.73 Å². The van der Waals surface area contributed by atoms with Crippen molar-refractivity contribution in [2.45, 2.75) is 77.0 Å². The van der Waals surface area contributed by atoms with Crippen LogP contribution >= 0.6 is 0 Å². The molecule has 0 radical (unpaired) electrons. The normalized spacial score (nSPS) is 53.2. The second-order valence-corrected chi connectivity index (χ2v) is 9.15. The van der Waals surface area contributed by atoms with Gasteiger partial charge in [-0.3, -0.25) is 0 Å². The molecule has 0 bridgehead atoms. The first-order valence-electron chi connectivity index (χ1n) is 9.16. The molecule has 3 fully saturated rings. The van der Waals surface area contributed by atoms with Crippen molar-refractivity contribution in [2.24, 2.45) is 34.3 Å². The molecule has 3 nitrogen and oxygen atoms in total. The summed E-state index contributed by atoms with van der Waals surface area (Å²) in [6.45, 7) is 4.82. The number of aliphatic hydroxyl groups is 2. The van der Waals surface area contributed by atoms with E-state index in [0.29, 0.717) is 30.2 Å². The van der Waals surface area contributed by atoms with Gasteiger partial charge >= 0.3 is 0 Å². The van der Waals surface area contributed by atoms with Gasteiger partial charge in [0, 0.05) is 18.9 Å². The number of hydrogen-bond acceptors (Lipinski definition) is 3. The molecule has 0 aromatic rings. The minimum Gasteiger partial charge on any atom is -0.365 e. The van der Waals surface area contributed by atoms with E-state index in [1.807, 2.05) is 0 Å². The first kappa shape index (κ1) is 15.2. The molecular weight excluding hydrogens is 274 g/mol. The van der Waals surface area contributed by atoms with Crippen molar-refractivity contribution in [1.82, 2.24) is 0 Å².